The molecule has 1 N–H and O–H groups in total. The van der Waals surface area contributed by atoms with Crippen molar-refractivity contribution >= 4 is 23.2 Å². The Balaban J connectivity index is 2.66. The Morgan fingerprint density at radius 2 is 1.83 bits per heavy atom. The van der Waals surface area contributed by atoms with Gasteiger partial charge < -0.3 is 9.84 Å². The van der Waals surface area contributed by atoms with Crippen molar-refractivity contribution in [1.82, 2.24) is 0 Å². The highest BCUT2D eigenvalue weighted by molar-refractivity contribution is 6.36. The molecule has 5 heteroatoms. The van der Waals surface area contributed by atoms with Crippen LogP contribution in [0.25, 0.3) is 11.1 Å². The topological polar surface area (TPSA) is 29.5 Å². The molecule has 2 rings (SSSR count). The molecule has 0 aliphatic carbocycles. The molecule has 0 fully saturated rings. The van der Waals surface area contributed by atoms with Crippen LogP contribution in [0.2, 0.25) is 10.0 Å². The van der Waals surface area contributed by atoms with Crippen molar-refractivity contribution in [1.29, 1.82) is 0 Å². The number of rotatable bonds is 2. The predicted octanol–water partition coefficient (Wildman–Crippen LogP) is 4.51. The van der Waals surface area contributed by atoms with Gasteiger partial charge in [-0.1, -0.05) is 35.3 Å². The Morgan fingerprint density at radius 3 is 2.50 bits per heavy atom. The number of benzene rings is 2. The van der Waals surface area contributed by atoms with E-state index >= 15 is 0 Å². The number of hydrogen-bond donors (Lipinski definition) is 1. The first-order chi connectivity index (χ1) is 8.54. The molecule has 2 aromatic rings. The molecule has 18 heavy (non-hydrogen) atoms. The Bertz CT molecular complexity index is 600. The maximum Gasteiger partial charge on any atom is 0.172 e. The summed E-state index contributed by atoms with van der Waals surface area (Å²) in [5.41, 5.74) is 0.664. The van der Waals surface area contributed by atoms with Crippen molar-refractivity contribution in [2.75, 3.05) is 7.11 Å². The van der Waals surface area contributed by atoms with Crippen molar-refractivity contribution < 1.29 is 14.2 Å². The van der Waals surface area contributed by atoms with Crippen molar-refractivity contribution in [3.63, 3.8) is 0 Å². The monoisotopic (exact) mass is 286 g/mol. The smallest absolute Gasteiger partial charge is 0.172 e. The molecule has 0 radical (unpaired) electrons. The first-order valence-electron chi connectivity index (χ1n) is 5.05. The quantitative estimate of drug-likeness (QED) is 0.880. The second-order valence-electron chi connectivity index (χ2n) is 3.61. The number of aromatic hydroxyl groups is 1. The number of methoxy groups -OCH3 is 1. The SMILES string of the molecule is COc1cccc(-c2cc(Cl)c(O)cc2Cl)c1F. The van der Waals surface area contributed by atoms with E-state index in [-0.39, 0.29) is 27.1 Å². The number of phenols is 1. The Hall–Kier alpha value is -1.45. The second kappa shape index (κ2) is 5.04. The summed E-state index contributed by atoms with van der Waals surface area (Å²) in [5.74, 6) is -0.551. The summed E-state index contributed by atoms with van der Waals surface area (Å²) in [5, 5.41) is 9.73. The van der Waals surface area contributed by atoms with Crippen LogP contribution in [-0.2, 0) is 0 Å². The van der Waals surface area contributed by atoms with E-state index in [1.165, 1.54) is 25.3 Å². The summed E-state index contributed by atoms with van der Waals surface area (Å²) >= 11 is 11.8. The molecule has 2 aromatic carbocycles. The largest absolute Gasteiger partial charge is 0.506 e. The van der Waals surface area contributed by atoms with Crippen molar-refractivity contribution in [3.05, 3.63) is 46.2 Å². The fraction of sp³-hybridized carbons (Fsp3) is 0.0769. The molecular weight excluding hydrogens is 278 g/mol. The summed E-state index contributed by atoms with van der Waals surface area (Å²) in [6.07, 6.45) is 0. The van der Waals surface area contributed by atoms with Gasteiger partial charge in [-0.25, -0.2) is 4.39 Å². The molecule has 0 heterocycles. The van der Waals surface area contributed by atoms with E-state index in [4.69, 9.17) is 27.9 Å². The molecule has 0 unspecified atom stereocenters. The van der Waals surface area contributed by atoms with Crippen molar-refractivity contribution in [2.45, 2.75) is 0 Å². The third-order valence-corrected chi connectivity index (χ3v) is 3.13. The summed E-state index contributed by atoms with van der Waals surface area (Å²) in [4.78, 5) is 0. The minimum atomic E-state index is -0.524. The molecule has 0 bridgehead atoms. The van der Waals surface area contributed by atoms with Crippen LogP contribution < -0.4 is 4.74 Å². The first-order valence-corrected chi connectivity index (χ1v) is 5.81. The number of phenolic OH excluding ortho intramolecular Hbond substituents is 1. The van der Waals surface area contributed by atoms with Crippen LogP contribution >= 0.6 is 23.2 Å². The Labute approximate surface area is 114 Å². The summed E-state index contributed by atoms with van der Waals surface area (Å²) < 4.78 is 19.0. The minimum absolute atomic E-state index is 0.108. The number of ether oxygens (including phenoxy) is 1. The molecule has 2 nitrogen and oxygen atoms in total. The highest BCUT2D eigenvalue weighted by Gasteiger charge is 2.15. The van der Waals surface area contributed by atoms with Crippen LogP contribution in [0.4, 0.5) is 4.39 Å². The fourth-order valence-electron chi connectivity index (χ4n) is 1.62. The molecule has 0 aromatic heterocycles. The molecule has 0 amide bonds. The average molecular weight is 287 g/mol. The standard InChI is InChI=1S/C13H9Cl2FO2/c1-18-12-4-2-3-7(13(12)16)8-5-10(15)11(17)6-9(8)14/h2-6,17H,1H3. The molecule has 0 atom stereocenters. The van der Waals surface area contributed by atoms with Crippen LogP contribution in [0.3, 0.4) is 0 Å². The third-order valence-electron chi connectivity index (χ3n) is 2.51. The van der Waals surface area contributed by atoms with Gasteiger partial charge in [0.05, 0.1) is 17.2 Å². The zero-order valence-corrected chi connectivity index (χ0v) is 10.9. The lowest BCUT2D eigenvalue weighted by Gasteiger charge is -2.10. The van der Waals surface area contributed by atoms with Crippen LogP contribution in [0.1, 0.15) is 0 Å². The van der Waals surface area contributed by atoms with Gasteiger partial charge in [0.15, 0.2) is 11.6 Å². The van der Waals surface area contributed by atoms with Gasteiger partial charge in [-0.15, -0.1) is 0 Å². The zero-order chi connectivity index (χ0) is 13.3. The van der Waals surface area contributed by atoms with E-state index in [9.17, 15) is 9.50 Å². The van der Waals surface area contributed by atoms with Gasteiger partial charge in [-0.3, -0.25) is 0 Å². The van der Waals surface area contributed by atoms with E-state index in [2.05, 4.69) is 0 Å². The maximum atomic E-state index is 14.1. The molecule has 0 spiro atoms. The van der Waals surface area contributed by atoms with E-state index in [1.807, 2.05) is 0 Å². The minimum Gasteiger partial charge on any atom is -0.506 e. The van der Waals surface area contributed by atoms with Gasteiger partial charge in [0, 0.05) is 17.2 Å². The summed E-state index contributed by atoms with van der Waals surface area (Å²) in [6.45, 7) is 0. The lowest BCUT2D eigenvalue weighted by atomic mass is 10.0. The Kier molecular flexibility index (Phi) is 3.64. The van der Waals surface area contributed by atoms with E-state index in [0.29, 0.717) is 5.56 Å². The lowest BCUT2D eigenvalue weighted by molar-refractivity contribution is 0.387. The average Bonchev–Trinajstić information content (AvgIpc) is 2.34. The Morgan fingerprint density at radius 1 is 1.11 bits per heavy atom. The van der Waals surface area contributed by atoms with Gasteiger partial charge in [-0.2, -0.15) is 0 Å². The molecule has 94 valence electrons. The third kappa shape index (κ3) is 2.24. The van der Waals surface area contributed by atoms with Crippen LogP contribution in [0.5, 0.6) is 11.5 Å². The lowest BCUT2D eigenvalue weighted by Crippen LogP contribution is -1.91. The van der Waals surface area contributed by atoms with E-state index in [1.54, 1.807) is 12.1 Å². The second-order valence-corrected chi connectivity index (χ2v) is 4.42. The van der Waals surface area contributed by atoms with E-state index in [0.717, 1.165) is 0 Å². The zero-order valence-electron chi connectivity index (χ0n) is 9.38. The van der Waals surface area contributed by atoms with Gasteiger partial charge >= 0.3 is 0 Å². The van der Waals surface area contributed by atoms with E-state index < -0.39 is 5.82 Å². The van der Waals surface area contributed by atoms with Gasteiger partial charge in [-0.05, 0) is 12.1 Å². The maximum absolute atomic E-state index is 14.1. The fourth-order valence-corrected chi connectivity index (χ4v) is 2.04. The van der Waals surface area contributed by atoms with Gasteiger partial charge in [0.1, 0.15) is 5.75 Å². The van der Waals surface area contributed by atoms with Crippen LogP contribution in [0.15, 0.2) is 30.3 Å². The number of halogens is 3. The van der Waals surface area contributed by atoms with Gasteiger partial charge in [0.25, 0.3) is 0 Å². The van der Waals surface area contributed by atoms with Crippen molar-refractivity contribution in [3.8, 4) is 22.6 Å². The molecule has 0 aliphatic rings. The number of hydrogen-bond acceptors (Lipinski definition) is 2. The highest BCUT2D eigenvalue weighted by atomic mass is 35.5. The van der Waals surface area contributed by atoms with Crippen molar-refractivity contribution in [2.24, 2.45) is 0 Å². The first kappa shape index (κ1) is 13.0. The molecular formula is C13H9Cl2FO2. The normalized spacial score (nSPS) is 10.4. The molecule has 0 aliphatic heterocycles. The van der Waals surface area contributed by atoms with Crippen LogP contribution in [-0.4, -0.2) is 12.2 Å². The van der Waals surface area contributed by atoms with Crippen LogP contribution in [0, 0.1) is 5.82 Å². The molecule has 0 saturated heterocycles. The predicted molar refractivity (Wildman–Crippen MR) is 70.1 cm³/mol. The van der Waals surface area contributed by atoms with Gasteiger partial charge in [0.2, 0.25) is 0 Å². The molecule has 0 saturated carbocycles. The highest BCUT2D eigenvalue weighted by Crippen LogP contribution is 2.38. The summed E-state index contributed by atoms with van der Waals surface area (Å²) in [7, 11) is 1.38. The summed E-state index contributed by atoms with van der Waals surface area (Å²) in [6, 6.07) is 7.41.